The van der Waals surface area contributed by atoms with Crippen molar-refractivity contribution in [2.24, 2.45) is 11.8 Å². The minimum Gasteiger partial charge on any atom is -0.391 e. The van der Waals surface area contributed by atoms with E-state index >= 15 is 0 Å². The van der Waals surface area contributed by atoms with Crippen LogP contribution in [-0.4, -0.2) is 41.2 Å². The number of aliphatic hydroxyl groups is 1. The van der Waals surface area contributed by atoms with Crippen LogP contribution in [0.1, 0.15) is 47.3 Å². The highest BCUT2D eigenvalue weighted by molar-refractivity contribution is 6.07. The van der Waals surface area contributed by atoms with Crippen LogP contribution in [0.5, 0.6) is 0 Å². The number of aliphatic hydroxyl groups excluding tert-OH is 1. The lowest BCUT2D eigenvalue weighted by molar-refractivity contribution is 0.0462. The third-order valence-electron chi connectivity index (χ3n) is 6.74. The fraction of sp³-hybridized carbons (Fsp3) is 0.571. The van der Waals surface area contributed by atoms with Crippen LogP contribution in [0.2, 0.25) is 0 Å². The van der Waals surface area contributed by atoms with Gasteiger partial charge in [0.1, 0.15) is 0 Å². The summed E-state index contributed by atoms with van der Waals surface area (Å²) in [5, 5.41) is 18.2. The number of H-pyrrole nitrogens is 1. The molecule has 26 heavy (non-hydrogen) atoms. The number of amides is 1. The minimum absolute atomic E-state index is 0.0670. The maximum Gasteiger partial charge on any atom is 0.253 e. The number of aromatic amines is 1. The van der Waals surface area contributed by atoms with Gasteiger partial charge in [0, 0.05) is 11.1 Å². The number of carbonyl (C=O) groups excluding carboxylic acids is 1. The monoisotopic (exact) mass is 353 g/mol. The Morgan fingerprint density at radius 3 is 2.81 bits per heavy atom. The number of fused-ring (bicyclic) bond motifs is 4. The number of aromatic nitrogens is 1. The number of rotatable bonds is 2. The van der Waals surface area contributed by atoms with Crippen LogP contribution in [-0.2, 0) is 12.8 Å². The fourth-order valence-electron chi connectivity index (χ4n) is 5.32. The molecule has 1 saturated carbocycles. The zero-order chi connectivity index (χ0) is 17.7. The van der Waals surface area contributed by atoms with Crippen molar-refractivity contribution in [3.05, 3.63) is 35.0 Å². The first-order valence-electron chi connectivity index (χ1n) is 10.0. The average molecular weight is 353 g/mol. The van der Waals surface area contributed by atoms with E-state index in [1.807, 2.05) is 12.1 Å². The van der Waals surface area contributed by atoms with Gasteiger partial charge >= 0.3 is 0 Å². The van der Waals surface area contributed by atoms with E-state index in [-0.39, 0.29) is 11.9 Å². The van der Waals surface area contributed by atoms with Crippen molar-refractivity contribution in [2.45, 2.75) is 50.7 Å². The summed E-state index contributed by atoms with van der Waals surface area (Å²) in [6.07, 6.45) is 5.80. The molecule has 5 heteroatoms. The van der Waals surface area contributed by atoms with Crippen LogP contribution in [0.4, 0.5) is 0 Å². The molecule has 2 aromatic rings. The Bertz CT molecular complexity index is 843. The second-order valence-electron chi connectivity index (χ2n) is 8.31. The molecule has 0 bridgehead atoms. The third-order valence-corrected chi connectivity index (χ3v) is 6.74. The lowest BCUT2D eigenvalue weighted by atomic mass is 9.77. The van der Waals surface area contributed by atoms with Gasteiger partial charge in [0.15, 0.2) is 0 Å². The van der Waals surface area contributed by atoms with Crippen molar-refractivity contribution >= 4 is 16.8 Å². The van der Waals surface area contributed by atoms with Crippen molar-refractivity contribution in [3.8, 4) is 0 Å². The number of benzene rings is 1. The van der Waals surface area contributed by atoms with E-state index in [1.165, 1.54) is 29.5 Å². The summed E-state index contributed by atoms with van der Waals surface area (Å²) >= 11 is 0. The summed E-state index contributed by atoms with van der Waals surface area (Å²) in [6, 6.07) is 5.85. The summed E-state index contributed by atoms with van der Waals surface area (Å²) in [5.41, 5.74) is 4.35. The number of hydrogen-bond acceptors (Lipinski definition) is 3. The molecular formula is C21H27N3O2. The Morgan fingerprint density at radius 1 is 1.12 bits per heavy atom. The smallest absolute Gasteiger partial charge is 0.253 e. The van der Waals surface area contributed by atoms with Crippen LogP contribution in [0, 0.1) is 11.8 Å². The zero-order valence-corrected chi connectivity index (χ0v) is 15.1. The van der Waals surface area contributed by atoms with E-state index in [9.17, 15) is 9.90 Å². The molecule has 5 rings (SSSR count). The second-order valence-corrected chi connectivity index (χ2v) is 8.31. The number of nitrogens with one attached hydrogen (secondary N) is 3. The topological polar surface area (TPSA) is 77.2 Å². The largest absolute Gasteiger partial charge is 0.391 e. The van der Waals surface area contributed by atoms with E-state index in [0.717, 1.165) is 44.3 Å². The first-order valence-corrected chi connectivity index (χ1v) is 10.0. The Morgan fingerprint density at radius 2 is 1.92 bits per heavy atom. The van der Waals surface area contributed by atoms with Crippen LogP contribution in [0.15, 0.2) is 18.2 Å². The Balaban J connectivity index is 1.41. The second kappa shape index (κ2) is 6.39. The summed E-state index contributed by atoms with van der Waals surface area (Å²) in [6.45, 7) is 2.00. The van der Waals surface area contributed by atoms with E-state index in [2.05, 4.69) is 21.7 Å². The first-order chi connectivity index (χ1) is 12.7. The van der Waals surface area contributed by atoms with Gasteiger partial charge in [-0.3, -0.25) is 4.79 Å². The summed E-state index contributed by atoms with van der Waals surface area (Å²) < 4.78 is 0. The Hall–Kier alpha value is -1.85. The maximum atomic E-state index is 13.0. The molecule has 4 N–H and O–H groups in total. The molecule has 3 aliphatic rings. The van der Waals surface area contributed by atoms with Gasteiger partial charge in [0.25, 0.3) is 5.91 Å². The quantitative estimate of drug-likeness (QED) is 0.668. The number of hydrogen-bond donors (Lipinski definition) is 4. The van der Waals surface area contributed by atoms with E-state index in [4.69, 9.17) is 0 Å². The molecule has 2 aliphatic carbocycles. The van der Waals surface area contributed by atoms with Gasteiger partial charge < -0.3 is 20.7 Å². The summed E-state index contributed by atoms with van der Waals surface area (Å²) in [4.78, 5) is 16.5. The minimum atomic E-state index is -0.448. The molecule has 1 saturated heterocycles. The standard InChI is InChI=1S/C21H27N3O2/c25-19-9-13-11-22-10-12(13)8-18(19)24-21(26)16-6-3-5-15-14-4-1-2-7-17(14)23-20(15)16/h3,5-6,12-13,18-19,22-23,25H,1-2,4,7-11H2,(H,24,26)/t12-,13+,18-,19-/m0/s1. The molecule has 0 radical (unpaired) electrons. The highest BCUT2D eigenvalue weighted by Gasteiger charge is 2.39. The van der Waals surface area contributed by atoms with Gasteiger partial charge in [-0.1, -0.05) is 12.1 Å². The molecule has 1 aliphatic heterocycles. The van der Waals surface area contributed by atoms with Crippen LogP contribution in [0.25, 0.3) is 10.9 Å². The van der Waals surface area contributed by atoms with Gasteiger partial charge in [0.2, 0.25) is 0 Å². The van der Waals surface area contributed by atoms with Crippen molar-refractivity contribution in [2.75, 3.05) is 13.1 Å². The molecule has 2 fully saturated rings. The highest BCUT2D eigenvalue weighted by atomic mass is 16.3. The predicted octanol–water partition coefficient (Wildman–Crippen LogP) is 2.14. The van der Waals surface area contributed by atoms with Crippen LogP contribution in [0.3, 0.4) is 0 Å². The molecule has 0 spiro atoms. The Labute approximate surface area is 153 Å². The molecular weight excluding hydrogens is 326 g/mol. The van der Waals surface area contributed by atoms with Gasteiger partial charge in [0.05, 0.1) is 23.2 Å². The van der Waals surface area contributed by atoms with Gasteiger partial charge in [-0.05, 0) is 75.1 Å². The zero-order valence-electron chi connectivity index (χ0n) is 15.1. The van der Waals surface area contributed by atoms with E-state index in [0.29, 0.717) is 17.4 Å². The molecule has 1 aromatic carbocycles. The molecule has 0 unspecified atom stereocenters. The average Bonchev–Trinajstić information content (AvgIpc) is 3.25. The molecule has 4 atom stereocenters. The van der Waals surface area contributed by atoms with E-state index in [1.54, 1.807) is 0 Å². The van der Waals surface area contributed by atoms with Crippen molar-refractivity contribution in [3.63, 3.8) is 0 Å². The lowest BCUT2D eigenvalue weighted by Crippen LogP contribution is -2.49. The maximum absolute atomic E-state index is 13.0. The summed E-state index contributed by atoms with van der Waals surface area (Å²) in [5.74, 6) is 1.05. The molecule has 1 aromatic heterocycles. The fourth-order valence-corrected chi connectivity index (χ4v) is 5.32. The van der Waals surface area contributed by atoms with Gasteiger partial charge in [-0.2, -0.15) is 0 Å². The normalized spacial score (nSPS) is 30.8. The molecule has 2 heterocycles. The number of para-hydroxylation sites is 1. The van der Waals surface area contributed by atoms with Crippen molar-refractivity contribution < 1.29 is 9.90 Å². The third kappa shape index (κ3) is 2.65. The Kier molecular flexibility index (Phi) is 4.02. The highest BCUT2D eigenvalue weighted by Crippen LogP contribution is 2.34. The van der Waals surface area contributed by atoms with Crippen molar-refractivity contribution in [1.82, 2.24) is 15.6 Å². The lowest BCUT2D eigenvalue weighted by Gasteiger charge is -2.35. The van der Waals surface area contributed by atoms with Crippen LogP contribution < -0.4 is 10.6 Å². The molecule has 5 nitrogen and oxygen atoms in total. The molecule has 1 amide bonds. The van der Waals surface area contributed by atoms with E-state index < -0.39 is 6.10 Å². The van der Waals surface area contributed by atoms with Gasteiger partial charge in [-0.25, -0.2) is 0 Å². The SMILES string of the molecule is O=C(N[C@H]1C[C@H]2CNC[C@H]2C[C@@H]1O)c1cccc2c3c([nH]c12)CCCC3. The first kappa shape index (κ1) is 16.3. The van der Waals surface area contributed by atoms with Crippen molar-refractivity contribution in [1.29, 1.82) is 0 Å². The van der Waals surface area contributed by atoms with Gasteiger partial charge in [-0.15, -0.1) is 0 Å². The number of aryl methyl sites for hydroxylation is 2. The van der Waals surface area contributed by atoms with Crippen LogP contribution >= 0.6 is 0 Å². The molecule has 138 valence electrons. The predicted molar refractivity (Wildman–Crippen MR) is 101 cm³/mol. The number of carbonyl (C=O) groups is 1. The summed E-state index contributed by atoms with van der Waals surface area (Å²) in [7, 11) is 0.